The molecule has 19 heavy (non-hydrogen) atoms. The third-order valence-corrected chi connectivity index (χ3v) is 4.06. The fraction of sp³-hybridized carbons (Fsp3) is 0.200. The van der Waals surface area contributed by atoms with Crippen molar-refractivity contribution in [2.75, 3.05) is 0 Å². The summed E-state index contributed by atoms with van der Waals surface area (Å²) < 4.78 is 27.6. The lowest BCUT2D eigenvalue weighted by Crippen LogP contribution is -1.93. The van der Waals surface area contributed by atoms with Gasteiger partial charge < -0.3 is 5.11 Å². The number of rotatable bonds is 3. The molecule has 0 aliphatic carbocycles. The molecule has 0 unspecified atom stereocenters. The second-order valence-electron chi connectivity index (χ2n) is 4.42. The van der Waals surface area contributed by atoms with Crippen LogP contribution in [0.2, 0.25) is 0 Å². The van der Waals surface area contributed by atoms with Crippen molar-refractivity contribution in [1.82, 2.24) is 0 Å². The van der Waals surface area contributed by atoms with Gasteiger partial charge in [0.1, 0.15) is 11.6 Å². The first-order chi connectivity index (χ1) is 9.01. The standard InChI is InChI=1S/C15H14F2OS/c1-9-3-4-14(10(2)5-9)19-15-12(16)6-11(8-18)7-13(15)17/h3-7,18H,8H2,1-2H3. The van der Waals surface area contributed by atoms with E-state index < -0.39 is 11.6 Å². The van der Waals surface area contributed by atoms with Crippen LogP contribution in [0.3, 0.4) is 0 Å². The summed E-state index contributed by atoms with van der Waals surface area (Å²) in [6.07, 6.45) is 0. The molecular weight excluding hydrogens is 266 g/mol. The van der Waals surface area contributed by atoms with Gasteiger partial charge in [-0.2, -0.15) is 0 Å². The fourth-order valence-corrected chi connectivity index (χ4v) is 2.71. The average Bonchev–Trinajstić information content (AvgIpc) is 2.35. The van der Waals surface area contributed by atoms with Crippen molar-refractivity contribution in [1.29, 1.82) is 0 Å². The maximum Gasteiger partial charge on any atom is 0.140 e. The van der Waals surface area contributed by atoms with Gasteiger partial charge in [-0.25, -0.2) is 8.78 Å². The highest BCUT2D eigenvalue weighted by molar-refractivity contribution is 7.99. The van der Waals surface area contributed by atoms with Crippen LogP contribution < -0.4 is 0 Å². The summed E-state index contributed by atoms with van der Waals surface area (Å²) in [5, 5.41) is 8.90. The Kier molecular flexibility index (Phi) is 4.22. The minimum absolute atomic E-state index is 0.0378. The summed E-state index contributed by atoms with van der Waals surface area (Å²) in [5.41, 5.74) is 2.33. The summed E-state index contributed by atoms with van der Waals surface area (Å²) in [5.74, 6) is -1.29. The number of hydrogen-bond donors (Lipinski definition) is 1. The molecule has 0 aromatic heterocycles. The molecule has 0 spiro atoms. The van der Waals surface area contributed by atoms with E-state index in [1.807, 2.05) is 32.0 Å². The number of halogens is 2. The molecule has 0 radical (unpaired) electrons. The minimum Gasteiger partial charge on any atom is -0.392 e. The van der Waals surface area contributed by atoms with Crippen LogP contribution in [0.4, 0.5) is 8.78 Å². The monoisotopic (exact) mass is 280 g/mol. The fourth-order valence-electron chi connectivity index (χ4n) is 1.82. The molecule has 0 atom stereocenters. The molecule has 0 saturated carbocycles. The van der Waals surface area contributed by atoms with Crippen LogP contribution in [-0.4, -0.2) is 5.11 Å². The molecule has 1 nitrogen and oxygen atoms in total. The summed E-state index contributed by atoms with van der Waals surface area (Å²) in [4.78, 5) is 0.782. The number of benzene rings is 2. The zero-order valence-electron chi connectivity index (χ0n) is 10.7. The Bertz CT molecular complexity index is 588. The van der Waals surface area contributed by atoms with E-state index in [0.29, 0.717) is 0 Å². The second kappa shape index (κ2) is 5.72. The van der Waals surface area contributed by atoms with Crippen LogP contribution in [-0.2, 0) is 6.61 Å². The molecule has 0 fully saturated rings. The van der Waals surface area contributed by atoms with E-state index in [1.54, 1.807) is 0 Å². The Balaban J connectivity index is 2.38. The zero-order chi connectivity index (χ0) is 14.0. The quantitative estimate of drug-likeness (QED) is 0.908. The Morgan fingerprint density at radius 2 is 1.68 bits per heavy atom. The van der Waals surface area contributed by atoms with Crippen molar-refractivity contribution in [2.45, 2.75) is 30.2 Å². The lowest BCUT2D eigenvalue weighted by molar-refractivity contribution is 0.280. The number of aryl methyl sites for hydroxylation is 2. The van der Waals surface area contributed by atoms with Crippen LogP contribution in [0.15, 0.2) is 40.1 Å². The highest BCUT2D eigenvalue weighted by Crippen LogP contribution is 2.34. The first kappa shape index (κ1) is 14.0. The molecule has 0 saturated heterocycles. The van der Waals surface area contributed by atoms with Crippen molar-refractivity contribution < 1.29 is 13.9 Å². The predicted octanol–water partition coefficient (Wildman–Crippen LogP) is 4.23. The lowest BCUT2D eigenvalue weighted by Gasteiger charge is -2.09. The smallest absolute Gasteiger partial charge is 0.140 e. The van der Waals surface area contributed by atoms with Crippen LogP contribution >= 0.6 is 11.8 Å². The number of aliphatic hydroxyl groups is 1. The van der Waals surface area contributed by atoms with E-state index >= 15 is 0 Å². The first-order valence-electron chi connectivity index (χ1n) is 5.85. The largest absolute Gasteiger partial charge is 0.392 e. The third-order valence-electron chi connectivity index (χ3n) is 2.78. The Morgan fingerprint density at radius 1 is 1.05 bits per heavy atom. The van der Waals surface area contributed by atoms with E-state index in [0.717, 1.165) is 39.9 Å². The van der Waals surface area contributed by atoms with Crippen LogP contribution in [0.5, 0.6) is 0 Å². The van der Waals surface area contributed by atoms with E-state index in [9.17, 15) is 8.78 Å². The number of hydrogen-bond acceptors (Lipinski definition) is 2. The van der Waals surface area contributed by atoms with Crippen LogP contribution in [0.25, 0.3) is 0 Å². The topological polar surface area (TPSA) is 20.2 Å². The molecule has 2 aromatic rings. The zero-order valence-corrected chi connectivity index (χ0v) is 11.5. The van der Waals surface area contributed by atoms with Gasteiger partial charge in [0, 0.05) is 4.90 Å². The molecule has 100 valence electrons. The average molecular weight is 280 g/mol. The normalized spacial score (nSPS) is 10.8. The second-order valence-corrected chi connectivity index (χ2v) is 5.47. The van der Waals surface area contributed by atoms with Gasteiger partial charge in [0.05, 0.1) is 11.5 Å². The summed E-state index contributed by atoms with van der Waals surface area (Å²) in [6.45, 7) is 3.51. The first-order valence-corrected chi connectivity index (χ1v) is 6.67. The summed E-state index contributed by atoms with van der Waals surface area (Å²) in [7, 11) is 0. The maximum absolute atomic E-state index is 13.8. The van der Waals surface area contributed by atoms with Crippen molar-refractivity contribution in [3.8, 4) is 0 Å². The molecule has 0 heterocycles. The van der Waals surface area contributed by atoms with Crippen molar-refractivity contribution in [3.05, 3.63) is 58.7 Å². The van der Waals surface area contributed by atoms with E-state index in [2.05, 4.69) is 0 Å². The Morgan fingerprint density at radius 3 is 2.21 bits per heavy atom. The van der Waals surface area contributed by atoms with Gasteiger partial charge >= 0.3 is 0 Å². The molecule has 4 heteroatoms. The molecule has 0 bridgehead atoms. The van der Waals surface area contributed by atoms with Crippen molar-refractivity contribution in [2.24, 2.45) is 0 Å². The van der Waals surface area contributed by atoms with Gasteiger partial charge in [0.15, 0.2) is 0 Å². The van der Waals surface area contributed by atoms with Crippen LogP contribution in [0, 0.1) is 25.5 Å². The predicted molar refractivity (Wildman–Crippen MR) is 72.3 cm³/mol. The van der Waals surface area contributed by atoms with Gasteiger partial charge in [0.25, 0.3) is 0 Å². The Hall–Kier alpha value is -1.39. The van der Waals surface area contributed by atoms with Crippen LogP contribution in [0.1, 0.15) is 16.7 Å². The van der Waals surface area contributed by atoms with Gasteiger partial charge in [-0.1, -0.05) is 29.5 Å². The van der Waals surface area contributed by atoms with Gasteiger partial charge in [-0.3, -0.25) is 0 Å². The maximum atomic E-state index is 13.8. The molecule has 0 amide bonds. The van der Waals surface area contributed by atoms with E-state index in [1.165, 1.54) is 0 Å². The number of aliphatic hydroxyl groups excluding tert-OH is 1. The van der Waals surface area contributed by atoms with E-state index in [-0.39, 0.29) is 17.1 Å². The molecular formula is C15H14F2OS. The van der Waals surface area contributed by atoms with E-state index in [4.69, 9.17) is 5.11 Å². The Labute approximate surface area is 115 Å². The van der Waals surface area contributed by atoms with Crippen molar-refractivity contribution >= 4 is 11.8 Å². The van der Waals surface area contributed by atoms with Gasteiger partial charge in [0.2, 0.25) is 0 Å². The summed E-state index contributed by atoms with van der Waals surface area (Å²) in [6, 6.07) is 8.06. The molecule has 1 N–H and O–H groups in total. The molecule has 2 rings (SSSR count). The third kappa shape index (κ3) is 3.14. The van der Waals surface area contributed by atoms with Gasteiger partial charge in [-0.15, -0.1) is 0 Å². The minimum atomic E-state index is -0.644. The van der Waals surface area contributed by atoms with Crippen molar-refractivity contribution in [3.63, 3.8) is 0 Å². The molecule has 2 aromatic carbocycles. The highest BCUT2D eigenvalue weighted by Gasteiger charge is 2.13. The molecule has 0 aliphatic heterocycles. The molecule has 0 aliphatic rings. The SMILES string of the molecule is Cc1ccc(Sc2c(F)cc(CO)cc2F)c(C)c1. The highest BCUT2D eigenvalue weighted by atomic mass is 32.2. The summed E-state index contributed by atoms with van der Waals surface area (Å²) >= 11 is 1.06. The van der Waals surface area contributed by atoms with Gasteiger partial charge in [-0.05, 0) is 43.2 Å². The lowest BCUT2D eigenvalue weighted by atomic mass is 10.2.